The van der Waals surface area contributed by atoms with Crippen molar-refractivity contribution in [2.45, 2.75) is 6.92 Å². The average Bonchev–Trinajstić information content (AvgIpc) is 2.80. The molecule has 0 bridgehead atoms. The van der Waals surface area contributed by atoms with Crippen LogP contribution in [0.5, 0.6) is 11.5 Å². The first-order valence-electron chi connectivity index (χ1n) is 6.63. The number of ether oxygens (including phenoxy) is 3. The van der Waals surface area contributed by atoms with Crippen molar-refractivity contribution in [2.24, 2.45) is 10.9 Å². The number of para-hydroxylation sites is 1. The predicted molar refractivity (Wildman–Crippen MR) is 81.1 cm³/mol. The summed E-state index contributed by atoms with van der Waals surface area (Å²) in [5.74, 6) is -0.901. The molecule has 0 saturated heterocycles. The fourth-order valence-electron chi connectivity index (χ4n) is 2.32. The second-order valence-corrected chi connectivity index (χ2v) is 4.69. The van der Waals surface area contributed by atoms with Gasteiger partial charge < -0.3 is 14.2 Å². The molecule has 116 valence electrons. The van der Waals surface area contributed by atoms with E-state index in [1.807, 2.05) is 0 Å². The Morgan fingerprint density at radius 3 is 2.55 bits per heavy atom. The summed E-state index contributed by atoms with van der Waals surface area (Å²) in [6.45, 7) is 1.63. The molecule has 1 aliphatic rings. The van der Waals surface area contributed by atoms with E-state index >= 15 is 0 Å². The van der Waals surface area contributed by atoms with Crippen molar-refractivity contribution in [1.29, 1.82) is 0 Å². The fourth-order valence-corrected chi connectivity index (χ4v) is 2.32. The van der Waals surface area contributed by atoms with Gasteiger partial charge >= 0.3 is 5.97 Å². The van der Waals surface area contributed by atoms with E-state index in [-0.39, 0.29) is 11.5 Å². The van der Waals surface area contributed by atoms with Crippen molar-refractivity contribution >= 4 is 23.5 Å². The maximum atomic E-state index is 12.3. The molecule has 1 aromatic rings. The number of hydrogen-bond acceptors (Lipinski definition) is 6. The quantitative estimate of drug-likeness (QED) is 0.482. The Kier molecular flexibility index (Phi) is 4.60. The highest BCUT2D eigenvalue weighted by Crippen LogP contribution is 2.33. The molecule has 0 fully saturated rings. The second-order valence-electron chi connectivity index (χ2n) is 4.69. The van der Waals surface area contributed by atoms with Crippen LogP contribution < -0.4 is 9.47 Å². The largest absolute Gasteiger partial charge is 0.493 e. The summed E-state index contributed by atoms with van der Waals surface area (Å²) in [6, 6.07) is 5.31. The summed E-state index contributed by atoms with van der Waals surface area (Å²) >= 11 is 0. The summed E-state index contributed by atoms with van der Waals surface area (Å²) in [7, 11) is 4.29. The first kappa shape index (κ1) is 15.8. The number of benzene rings is 1. The van der Waals surface area contributed by atoms with E-state index in [1.165, 1.54) is 21.3 Å². The van der Waals surface area contributed by atoms with Gasteiger partial charge in [-0.3, -0.25) is 14.6 Å². The number of esters is 1. The Morgan fingerprint density at radius 2 is 1.95 bits per heavy atom. The lowest BCUT2D eigenvalue weighted by Crippen LogP contribution is -2.27. The second kappa shape index (κ2) is 6.43. The molecule has 22 heavy (non-hydrogen) atoms. The molecular formula is C16H17NO5. The normalized spacial score (nSPS) is 19.1. The van der Waals surface area contributed by atoms with Crippen LogP contribution in [-0.2, 0) is 14.3 Å². The lowest BCUT2D eigenvalue weighted by atomic mass is 10.00. The third-order valence-electron chi connectivity index (χ3n) is 3.39. The molecule has 1 atom stereocenters. The van der Waals surface area contributed by atoms with Crippen LogP contribution in [-0.4, -0.2) is 38.8 Å². The van der Waals surface area contributed by atoms with Gasteiger partial charge in [0.15, 0.2) is 17.4 Å². The summed E-state index contributed by atoms with van der Waals surface area (Å²) < 4.78 is 15.2. The first-order chi connectivity index (χ1) is 10.5. The van der Waals surface area contributed by atoms with Crippen LogP contribution in [0.4, 0.5) is 0 Å². The molecule has 1 heterocycles. The van der Waals surface area contributed by atoms with Crippen molar-refractivity contribution in [2.75, 3.05) is 21.3 Å². The molecule has 0 aliphatic carbocycles. The van der Waals surface area contributed by atoms with Gasteiger partial charge in [-0.15, -0.1) is 0 Å². The number of nitrogens with zero attached hydrogens (tertiary/aromatic N) is 1. The van der Waals surface area contributed by atoms with Gasteiger partial charge in [0.25, 0.3) is 0 Å². The molecular weight excluding hydrogens is 286 g/mol. The Hall–Kier alpha value is -2.63. The Bertz CT molecular complexity index is 675. The highest BCUT2D eigenvalue weighted by atomic mass is 16.5. The smallest absolute Gasteiger partial charge is 0.322 e. The van der Waals surface area contributed by atoms with E-state index in [4.69, 9.17) is 9.47 Å². The Balaban J connectivity index is 2.44. The SMILES string of the molecule is COC(=O)C1C(=O)/C(=C\c2cccc(OC)c2OC)N=C1C. The Labute approximate surface area is 128 Å². The van der Waals surface area contributed by atoms with Gasteiger partial charge in [0.1, 0.15) is 5.70 Å². The van der Waals surface area contributed by atoms with Gasteiger partial charge in [-0.25, -0.2) is 0 Å². The van der Waals surface area contributed by atoms with Crippen molar-refractivity contribution in [3.8, 4) is 11.5 Å². The van der Waals surface area contributed by atoms with Gasteiger partial charge in [0.05, 0.1) is 21.3 Å². The van der Waals surface area contributed by atoms with Gasteiger partial charge in [0, 0.05) is 11.3 Å². The summed E-state index contributed by atoms with van der Waals surface area (Å²) in [4.78, 5) is 28.2. The molecule has 1 unspecified atom stereocenters. The minimum atomic E-state index is -0.965. The van der Waals surface area contributed by atoms with Crippen LogP contribution in [0.3, 0.4) is 0 Å². The average molecular weight is 303 g/mol. The highest BCUT2D eigenvalue weighted by Gasteiger charge is 2.37. The monoisotopic (exact) mass is 303 g/mol. The number of hydrogen-bond donors (Lipinski definition) is 0. The van der Waals surface area contributed by atoms with Crippen molar-refractivity contribution in [1.82, 2.24) is 0 Å². The lowest BCUT2D eigenvalue weighted by Gasteiger charge is -2.10. The van der Waals surface area contributed by atoms with Crippen LogP contribution in [0.25, 0.3) is 6.08 Å². The number of aliphatic imine (C=N–C) groups is 1. The number of Topliss-reactive ketones (excluding diaryl/α,β-unsaturated/α-hetero) is 1. The zero-order chi connectivity index (χ0) is 16.3. The van der Waals surface area contributed by atoms with E-state index in [9.17, 15) is 9.59 Å². The Morgan fingerprint density at radius 1 is 1.23 bits per heavy atom. The van der Waals surface area contributed by atoms with Crippen LogP contribution in [0.2, 0.25) is 0 Å². The third kappa shape index (κ3) is 2.72. The van der Waals surface area contributed by atoms with Gasteiger partial charge in [0.2, 0.25) is 5.78 Å². The van der Waals surface area contributed by atoms with E-state index < -0.39 is 11.9 Å². The molecule has 0 N–H and O–H groups in total. The topological polar surface area (TPSA) is 74.2 Å². The number of methoxy groups -OCH3 is 3. The number of carbonyl (C=O) groups excluding carboxylic acids is 2. The van der Waals surface area contributed by atoms with E-state index in [0.29, 0.717) is 22.8 Å². The molecule has 6 heteroatoms. The summed E-state index contributed by atoms with van der Waals surface area (Å²) in [5, 5.41) is 0. The standard InChI is InChI=1S/C16H17NO5/c1-9-13(16(19)22-4)14(18)11(17-9)8-10-6-5-7-12(20-2)15(10)21-3/h5-8,13H,1-4H3/b11-8+. The maximum Gasteiger partial charge on any atom is 0.322 e. The molecule has 0 aromatic heterocycles. The highest BCUT2D eigenvalue weighted by molar-refractivity contribution is 6.28. The van der Waals surface area contributed by atoms with E-state index in [1.54, 1.807) is 31.2 Å². The number of rotatable bonds is 4. The maximum absolute atomic E-state index is 12.3. The van der Waals surface area contributed by atoms with E-state index in [0.717, 1.165) is 0 Å². The number of ketones is 1. The van der Waals surface area contributed by atoms with E-state index in [2.05, 4.69) is 9.73 Å². The molecule has 1 aliphatic heterocycles. The number of allylic oxidation sites excluding steroid dienone is 1. The molecule has 0 amide bonds. The lowest BCUT2D eigenvalue weighted by molar-refractivity contribution is -0.145. The summed E-state index contributed by atoms with van der Waals surface area (Å²) in [5.41, 5.74) is 1.26. The summed E-state index contributed by atoms with van der Waals surface area (Å²) in [6.07, 6.45) is 1.58. The molecule has 0 radical (unpaired) electrons. The van der Waals surface area contributed by atoms with Crippen LogP contribution >= 0.6 is 0 Å². The van der Waals surface area contributed by atoms with Crippen molar-refractivity contribution in [3.05, 3.63) is 29.5 Å². The van der Waals surface area contributed by atoms with Crippen LogP contribution in [0.15, 0.2) is 28.9 Å². The fraction of sp³-hybridized carbons (Fsp3) is 0.312. The number of carbonyl (C=O) groups is 2. The molecule has 2 rings (SSSR count). The minimum absolute atomic E-state index is 0.194. The van der Waals surface area contributed by atoms with Crippen LogP contribution in [0.1, 0.15) is 12.5 Å². The van der Waals surface area contributed by atoms with Gasteiger partial charge in [-0.1, -0.05) is 12.1 Å². The molecule has 1 aromatic carbocycles. The minimum Gasteiger partial charge on any atom is -0.493 e. The van der Waals surface area contributed by atoms with Gasteiger partial charge in [-0.2, -0.15) is 0 Å². The third-order valence-corrected chi connectivity index (χ3v) is 3.39. The first-order valence-corrected chi connectivity index (χ1v) is 6.63. The zero-order valence-corrected chi connectivity index (χ0v) is 12.9. The van der Waals surface area contributed by atoms with Gasteiger partial charge in [-0.05, 0) is 19.1 Å². The van der Waals surface area contributed by atoms with Crippen LogP contribution in [0, 0.1) is 5.92 Å². The molecule has 0 spiro atoms. The molecule has 0 saturated carbocycles. The zero-order valence-electron chi connectivity index (χ0n) is 12.9. The van der Waals surface area contributed by atoms with Crippen molar-refractivity contribution in [3.63, 3.8) is 0 Å². The predicted octanol–water partition coefficient (Wildman–Crippen LogP) is 1.88. The molecule has 6 nitrogen and oxygen atoms in total. The van der Waals surface area contributed by atoms with Crippen molar-refractivity contribution < 1.29 is 23.8 Å².